The van der Waals surface area contributed by atoms with Gasteiger partial charge in [0.05, 0.1) is 4.47 Å². The Morgan fingerprint density at radius 3 is 2.67 bits per heavy atom. The van der Waals surface area contributed by atoms with Crippen LogP contribution in [0.25, 0.3) is 0 Å². The number of alkyl halides is 1. The van der Waals surface area contributed by atoms with Crippen LogP contribution in [0.2, 0.25) is 0 Å². The van der Waals surface area contributed by atoms with E-state index in [1.165, 1.54) is 6.07 Å². The quantitative estimate of drug-likeness (QED) is 0.701. The van der Waals surface area contributed by atoms with Crippen LogP contribution in [0.15, 0.2) is 22.7 Å². The van der Waals surface area contributed by atoms with Crippen LogP contribution in [0.3, 0.4) is 0 Å². The van der Waals surface area contributed by atoms with Crippen LogP contribution in [-0.2, 0) is 6.42 Å². The molecule has 0 saturated heterocycles. The Morgan fingerprint density at radius 2 is 2.13 bits per heavy atom. The minimum atomic E-state index is -0.204. The summed E-state index contributed by atoms with van der Waals surface area (Å²) in [5, 5.41) is 0.116. The third-order valence-electron chi connectivity index (χ3n) is 2.69. The van der Waals surface area contributed by atoms with Crippen molar-refractivity contribution in [2.45, 2.75) is 32.1 Å². The second-order valence-corrected chi connectivity index (χ2v) is 5.24. The first-order valence-electron chi connectivity index (χ1n) is 5.13. The Morgan fingerprint density at radius 1 is 1.47 bits per heavy atom. The topological polar surface area (TPSA) is 0 Å². The molecule has 0 aliphatic heterocycles. The van der Waals surface area contributed by atoms with Crippen LogP contribution in [0, 0.1) is 11.7 Å². The number of benzene rings is 1. The van der Waals surface area contributed by atoms with Crippen molar-refractivity contribution in [2.24, 2.45) is 5.92 Å². The highest BCUT2D eigenvalue weighted by Gasteiger charge is 2.16. The highest BCUT2D eigenvalue weighted by atomic mass is 79.9. The second kappa shape index (κ2) is 5.86. The zero-order chi connectivity index (χ0) is 11.4. The zero-order valence-corrected chi connectivity index (χ0v) is 11.3. The van der Waals surface area contributed by atoms with Gasteiger partial charge in [-0.1, -0.05) is 25.5 Å². The van der Waals surface area contributed by atoms with E-state index < -0.39 is 0 Å². The highest BCUT2D eigenvalue weighted by molar-refractivity contribution is 9.10. The van der Waals surface area contributed by atoms with Crippen molar-refractivity contribution in [2.75, 3.05) is 0 Å². The smallest absolute Gasteiger partial charge is 0.137 e. The van der Waals surface area contributed by atoms with Gasteiger partial charge in [0, 0.05) is 5.38 Å². The Bertz CT molecular complexity index is 325. The largest absolute Gasteiger partial charge is 0.206 e. The van der Waals surface area contributed by atoms with Gasteiger partial charge < -0.3 is 0 Å². The lowest BCUT2D eigenvalue weighted by Crippen LogP contribution is -2.13. The molecule has 0 N–H and O–H groups in total. The first-order chi connectivity index (χ1) is 7.06. The van der Waals surface area contributed by atoms with E-state index in [1.54, 1.807) is 6.07 Å². The Labute approximate surface area is 104 Å². The van der Waals surface area contributed by atoms with E-state index in [9.17, 15) is 4.39 Å². The molecule has 2 unspecified atom stereocenters. The molecule has 0 nitrogen and oxygen atoms in total. The molecule has 84 valence electrons. The molecule has 1 aromatic carbocycles. The molecule has 3 heteroatoms. The number of hydrogen-bond acceptors (Lipinski definition) is 0. The molecule has 0 amide bonds. The maximum atomic E-state index is 13.3. The maximum Gasteiger partial charge on any atom is 0.137 e. The van der Waals surface area contributed by atoms with Gasteiger partial charge in [-0.05, 0) is 46.8 Å². The molecule has 1 aromatic rings. The standard InChI is InChI=1S/C12H15BrClF/c1-3-9(8(2)14)7-10-5-4-6-11(15)12(10)13/h4-6,8-9H,3,7H2,1-2H3. The van der Waals surface area contributed by atoms with E-state index in [1.807, 2.05) is 13.0 Å². The normalized spacial score (nSPS) is 15.0. The average Bonchev–Trinajstić information content (AvgIpc) is 2.19. The van der Waals surface area contributed by atoms with E-state index in [0.717, 1.165) is 18.4 Å². The van der Waals surface area contributed by atoms with Gasteiger partial charge in [0.2, 0.25) is 0 Å². The molecule has 2 atom stereocenters. The van der Waals surface area contributed by atoms with Crippen molar-refractivity contribution in [1.82, 2.24) is 0 Å². The van der Waals surface area contributed by atoms with Gasteiger partial charge in [0.25, 0.3) is 0 Å². The van der Waals surface area contributed by atoms with Gasteiger partial charge in [0.15, 0.2) is 0 Å². The van der Waals surface area contributed by atoms with Crippen molar-refractivity contribution in [1.29, 1.82) is 0 Å². The summed E-state index contributed by atoms with van der Waals surface area (Å²) in [6.07, 6.45) is 1.83. The summed E-state index contributed by atoms with van der Waals surface area (Å²) in [6.45, 7) is 4.10. The fourth-order valence-corrected chi connectivity index (χ4v) is 2.31. The van der Waals surface area contributed by atoms with E-state index >= 15 is 0 Å². The molecule has 0 aliphatic rings. The van der Waals surface area contributed by atoms with Crippen molar-refractivity contribution < 1.29 is 4.39 Å². The summed E-state index contributed by atoms with van der Waals surface area (Å²) in [5.41, 5.74) is 0.995. The van der Waals surface area contributed by atoms with E-state index in [-0.39, 0.29) is 11.2 Å². The Hall–Kier alpha value is -0.0800. The summed E-state index contributed by atoms with van der Waals surface area (Å²) in [5.74, 6) is 0.189. The van der Waals surface area contributed by atoms with Gasteiger partial charge in [0.1, 0.15) is 5.82 Å². The van der Waals surface area contributed by atoms with E-state index in [2.05, 4.69) is 22.9 Å². The molecule has 0 heterocycles. The third kappa shape index (κ3) is 3.46. The highest BCUT2D eigenvalue weighted by Crippen LogP contribution is 2.26. The van der Waals surface area contributed by atoms with Crippen LogP contribution in [0.4, 0.5) is 4.39 Å². The summed E-state index contributed by atoms with van der Waals surface area (Å²) < 4.78 is 13.8. The molecule has 0 aromatic heterocycles. The minimum Gasteiger partial charge on any atom is -0.206 e. The van der Waals surface area contributed by atoms with Crippen LogP contribution >= 0.6 is 27.5 Å². The summed E-state index contributed by atoms with van der Waals surface area (Å²) in [4.78, 5) is 0. The number of hydrogen-bond donors (Lipinski definition) is 0. The van der Waals surface area contributed by atoms with Gasteiger partial charge in [-0.3, -0.25) is 0 Å². The zero-order valence-electron chi connectivity index (χ0n) is 8.93. The van der Waals surface area contributed by atoms with Gasteiger partial charge >= 0.3 is 0 Å². The lowest BCUT2D eigenvalue weighted by atomic mass is 9.94. The molecule has 0 spiro atoms. The molecule has 0 bridgehead atoms. The minimum absolute atomic E-state index is 0.116. The molecule has 0 fully saturated rings. The fraction of sp³-hybridized carbons (Fsp3) is 0.500. The molecule has 0 aliphatic carbocycles. The molecular formula is C12H15BrClF. The Kier molecular flexibility index (Phi) is 5.07. The summed E-state index contributed by atoms with van der Waals surface area (Å²) in [6, 6.07) is 5.13. The third-order valence-corrected chi connectivity index (χ3v) is 3.93. The van der Waals surface area contributed by atoms with E-state index in [0.29, 0.717) is 10.4 Å². The lowest BCUT2D eigenvalue weighted by molar-refractivity contribution is 0.494. The Balaban J connectivity index is 2.84. The van der Waals surface area contributed by atoms with Crippen molar-refractivity contribution in [3.63, 3.8) is 0 Å². The van der Waals surface area contributed by atoms with Crippen LogP contribution in [0.1, 0.15) is 25.8 Å². The predicted octanol–water partition coefficient (Wildman–Crippen LogP) is 4.78. The summed E-state index contributed by atoms with van der Waals surface area (Å²) in [7, 11) is 0. The van der Waals surface area contributed by atoms with E-state index in [4.69, 9.17) is 11.6 Å². The molecule has 1 rings (SSSR count). The SMILES string of the molecule is CCC(Cc1cccc(F)c1Br)C(C)Cl. The predicted molar refractivity (Wildman–Crippen MR) is 66.9 cm³/mol. The maximum absolute atomic E-state index is 13.3. The number of halogens is 3. The second-order valence-electron chi connectivity index (χ2n) is 3.76. The van der Waals surface area contributed by atoms with Gasteiger partial charge in [-0.15, -0.1) is 11.6 Å². The molecular weight excluding hydrogens is 278 g/mol. The first-order valence-corrected chi connectivity index (χ1v) is 6.36. The average molecular weight is 294 g/mol. The van der Waals surface area contributed by atoms with Gasteiger partial charge in [-0.2, -0.15) is 0 Å². The fourth-order valence-electron chi connectivity index (χ4n) is 1.62. The van der Waals surface area contributed by atoms with Crippen LogP contribution < -0.4 is 0 Å². The van der Waals surface area contributed by atoms with Crippen molar-refractivity contribution >= 4 is 27.5 Å². The summed E-state index contributed by atoms with van der Waals surface area (Å²) >= 11 is 9.35. The van der Waals surface area contributed by atoms with Crippen molar-refractivity contribution in [3.8, 4) is 0 Å². The monoisotopic (exact) mass is 292 g/mol. The molecule has 0 radical (unpaired) electrons. The van der Waals surface area contributed by atoms with Gasteiger partial charge in [-0.25, -0.2) is 4.39 Å². The lowest BCUT2D eigenvalue weighted by Gasteiger charge is -2.18. The number of rotatable bonds is 4. The van der Waals surface area contributed by atoms with Crippen LogP contribution in [0.5, 0.6) is 0 Å². The van der Waals surface area contributed by atoms with Crippen molar-refractivity contribution in [3.05, 3.63) is 34.1 Å². The van der Waals surface area contributed by atoms with Crippen LogP contribution in [-0.4, -0.2) is 5.38 Å². The first kappa shape index (κ1) is 13.0. The molecule has 0 saturated carbocycles. The molecule has 15 heavy (non-hydrogen) atoms.